The van der Waals surface area contributed by atoms with Crippen LogP contribution < -0.4 is 5.32 Å². The van der Waals surface area contributed by atoms with Crippen molar-refractivity contribution in [2.75, 3.05) is 20.3 Å². The Morgan fingerprint density at radius 3 is 2.89 bits per heavy atom. The van der Waals surface area contributed by atoms with Gasteiger partial charge in [0, 0.05) is 24.8 Å². The van der Waals surface area contributed by atoms with Crippen molar-refractivity contribution in [2.45, 2.75) is 18.9 Å². The second-order valence-electron chi connectivity index (χ2n) is 4.56. The zero-order valence-corrected chi connectivity index (χ0v) is 11.8. The van der Waals surface area contributed by atoms with Gasteiger partial charge in [0.25, 0.3) is 0 Å². The minimum absolute atomic E-state index is 0.110. The summed E-state index contributed by atoms with van der Waals surface area (Å²) in [5.41, 5.74) is 0.110. The Hall–Kier alpha value is -0.520. The molecule has 1 aromatic rings. The van der Waals surface area contributed by atoms with Gasteiger partial charge >= 0.3 is 0 Å². The Morgan fingerprint density at radius 1 is 1.50 bits per heavy atom. The molecule has 2 rings (SSSR count). The number of ether oxygens (including phenoxy) is 1. The molecule has 18 heavy (non-hydrogen) atoms. The van der Waals surface area contributed by atoms with Crippen molar-refractivity contribution in [1.82, 2.24) is 5.32 Å². The molecule has 1 aliphatic rings. The van der Waals surface area contributed by atoms with E-state index in [1.54, 1.807) is 7.05 Å². The molecule has 0 bridgehead atoms. The number of nitrogens with one attached hydrogen (secondary N) is 1. The molecular weight excluding hydrogens is 304 g/mol. The van der Waals surface area contributed by atoms with Crippen molar-refractivity contribution < 1.29 is 13.5 Å². The predicted molar refractivity (Wildman–Crippen MR) is 69.4 cm³/mol. The summed E-state index contributed by atoms with van der Waals surface area (Å²) in [6, 6.07) is 2.35. The molecule has 0 aliphatic carbocycles. The van der Waals surface area contributed by atoms with Crippen LogP contribution in [0.4, 0.5) is 8.78 Å². The number of hydrogen-bond donors (Lipinski definition) is 1. The van der Waals surface area contributed by atoms with Gasteiger partial charge in [-0.05, 0) is 53.9 Å². The molecule has 2 nitrogen and oxygen atoms in total. The zero-order chi connectivity index (χ0) is 13.1. The van der Waals surface area contributed by atoms with Crippen LogP contribution in [-0.2, 0) is 4.74 Å². The van der Waals surface area contributed by atoms with Gasteiger partial charge in [0.1, 0.15) is 11.6 Å². The summed E-state index contributed by atoms with van der Waals surface area (Å²) >= 11 is 3.10. The predicted octanol–water partition coefficient (Wildman–Crippen LogP) is 3.41. The van der Waals surface area contributed by atoms with Crippen LogP contribution in [-0.4, -0.2) is 20.3 Å². The number of halogens is 3. The Bertz CT molecular complexity index is 422. The fraction of sp³-hybridized carbons (Fsp3) is 0.538. The highest BCUT2D eigenvalue weighted by atomic mass is 79.9. The van der Waals surface area contributed by atoms with E-state index < -0.39 is 11.6 Å². The molecule has 2 atom stereocenters. The van der Waals surface area contributed by atoms with Crippen molar-refractivity contribution >= 4 is 15.9 Å². The Labute approximate surface area is 114 Å². The minimum atomic E-state index is -0.520. The Morgan fingerprint density at radius 2 is 2.28 bits per heavy atom. The summed E-state index contributed by atoms with van der Waals surface area (Å²) in [6.45, 7) is 1.42. The van der Waals surface area contributed by atoms with E-state index in [4.69, 9.17) is 4.74 Å². The molecule has 1 N–H and O–H groups in total. The fourth-order valence-electron chi connectivity index (χ4n) is 2.34. The summed E-state index contributed by atoms with van der Waals surface area (Å²) in [7, 11) is 1.72. The van der Waals surface area contributed by atoms with E-state index in [0.717, 1.165) is 13.0 Å². The summed E-state index contributed by atoms with van der Waals surface area (Å²) in [5.74, 6) is -0.664. The third-order valence-corrected chi connectivity index (χ3v) is 3.98. The summed E-state index contributed by atoms with van der Waals surface area (Å²) < 4.78 is 33.4. The molecule has 5 heteroatoms. The van der Waals surface area contributed by atoms with Gasteiger partial charge in [-0.1, -0.05) is 0 Å². The largest absolute Gasteiger partial charge is 0.381 e. The first kappa shape index (κ1) is 13.9. The molecule has 0 radical (unpaired) electrons. The van der Waals surface area contributed by atoms with Gasteiger partial charge in [0.2, 0.25) is 0 Å². The number of rotatable bonds is 4. The van der Waals surface area contributed by atoms with Crippen molar-refractivity contribution in [2.24, 2.45) is 5.92 Å². The van der Waals surface area contributed by atoms with Gasteiger partial charge < -0.3 is 10.1 Å². The maximum atomic E-state index is 14.0. The maximum Gasteiger partial charge on any atom is 0.145 e. The molecule has 0 saturated carbocycles. The third-order valence-electron chi connectivity index (χ3n) is 3.37. The van der Waals surface area contributed by atoms with Crippen LogP contribution in [0.5, 0.6) is 0 Å². The Kier molecular flexibility index (Phi) is 4.70. The molecule has 1 heterocycles. The monoisotopic (exact) mass is 319 g/mol. The lowest BCUT2D eigenvalue weighted by molar-refractivity contribution is 0.181. The van der Waals surface area contributed by atoms with Gasteiger partial charge in [-0.15, -0.1) is 0 Å². The highest BCUT2D eigenvalue weighted by molar-refractivity contribution is 9.10. The van der Waals surface area contributed by atoms with Crippen molar-refractivity contribution in [3.05, 3.63) is 33.8 Å². The van der Waals surface area contributed by atoms with Crippen LogP contribution in [0.15, 0.2) is 16.6 Å². The van der Waals surface area contributed by atoms with Crippen LogP contribution in [0.2, 0.25) is 0 Å². The van der Waals surface area contributed by atoms with Gasteiger partial charge in [0.15, 0.2) is 0 Å². The zero-order valence-electron chi connectivity index (χ0n) is 10.2. The molecule has 1 fully saturated rings. The summed E-state index contributed by atoms with van der Waals surface area (Å²) in [6.07, 6.45) is 1.64. The maximum absolute atomic E-state index is 14.0. The highest BCUT2D eigenvalue weighted by Gasteiger charge is 2.26. The summed E-state index contributed by atoms with van der Waals surface area (Å²) in [5, 5.41) is 3.00. The molecule has 0 spiro atoms. The average molecular weight is 320 g/mol. The van der Waals surface area contributed by atoms with Gasteiger partial charge in [-0.25, -0.2) is 8.78 Å². The molecule has 2 unspecified atom stereocenters. The second kappa shape index (κ2) is 6.08. The van der Waals surface area contributed by atoms with Crippen LogP contribution in [0.1, 0.15) is 24.4 Å². The quantitative estimate of drug-likeness (QED) is 0.859. The molecule has 1 aromatic carbocycles. The number of benzene rings is 1. The molecule has 100 valence electrons. The lowest BCUT2D eigenvalue weighted by Gasteiger charge is -2.21. The summed E-state index contributed by atoms with van der Waals surface area (Å²) in [4.78, 5) is 0. The standard InChI is InChI=1S/C13H16BrF2NO/c1-17-11(6-8-4-5-18-7-8)12-10(15)3-2-9(14)13(12)16/h2-3,8,11,17H,4-7H2,1H3. The van der Waals surface area contributed by atoms with Crippen LogP contribution >= 0.6 is 15.9 Å². The van der Waals surface area contributed by atoms with E-state index in [-0.39, 0.29) is 11.6 Å². The number of hydrogen-bond acceptors (Lipinski definition) is 2. The van der Waals surface area contributed by atoms with Crippen LogP contribution in [0.25, 0.3) is 0 Å². The van der Waals surface area contributed by atoms with Gasteiger partial charge in [0.05, 0.1) is 4.47 Å². The van der Waals surface area contributed by atoms with Crippen molar-refractivity contribution in [3.8, 4) is 0 Å². The molecule has 0 amide bonds. The van der Waals surface area contributed by atoms with E-state index in [1.165, 1.54) is 12.1 Å². The van der Waals surface area contributed by atoms with Crippen molar-refractivity contribution in [3.63, 3.8) is 0 Å². The molecule has 0 aromatic heterocycles. The molecule has 1 saturated heterocycles. The van der Waals surface area contributed by atoms with Crippen LogP contribution in [0.3, 0.4) is 0 Å². The van der Waals surface area contributed by atoms with Gasteiger partial charge in [-0.2, -0.15) is 0 Å². The Balaban J connectivity index is 2.23. The van der Waals surface area contributed by atoms with Crippen LogP contribution in [0, 0.1) is 17.6 Å². The normalized spacial score (nSPS) is 21.2. The van der Waals surface area contributed by atoms with E-state index in [9.17, 15) is 8.78 Å². The first-order chi connectivity index (χ1) is 8.63. The highest BCUT2D eigenvalue weighted by Crippen LogP contribution is 2.32. The van der Waals surface area contributed by atoms with Crippen molar-refractivity contribution in [1.29, 1.82) is 0 Å². The van der Waals surface area contributed by atoms with E-state index in [1.807, 2.05) is 0 Å². The minimum Gasteiger partial charge on any atom is -0.381 e. The van der Waals surface area contributed by atoms with Gasteiger partial charge in [-0.3, -0.25) is 0 Å². The second-order valence-corrected chi connectivity index (χ2v) is 5.42. The SMILES string of the molecule is CNC(CC1CCOC1)c1c(F)ccc(Br)c1F. The lowest BCUT2D eigenvalue weighted by Crippen LogP contribution is -2.22. The smallest absolute Gasteiger partial charge is 0.145 e. The average Bonchev–Trinajstić information content (AvgIpc) is 2.86. The van der Waals surface area contributed by atoms with E-state index in [2.05, 4.69) is 21.2 Å². The third kappa shape index (κ3) is 2.90. The topological polar surface area (TPSA) is 21.3 Å². The molecular formula is C13H16BrF2NO. The fourth-order valence-corrected chi connectivity index (χ4v) is 2.69. The first-order valence-electron chi connectivity index (χ1n) is 6.02. The van der Waals surface area contributed by atoms with E-state index in [0.29, 0.717) is 23.4 Å². The van der Waals surface area contributed by atoms with E-state index >= 15 is 0 Å². The molecule has 1 aliphatic heterocycles. The lowest BCUT2D eigenvalue weighted by atomic mass is 9.93. The first-order valence-corrected chi connectivity index (χ1v) is 6.81.